The normalized spacial score (nSPS) is 22.2. The van der Waals surface area contributed by atoms with Crippen LogP contribution in [0.4, 0.5) is 0 Å². The molecule has 13 heavy (non-hydrogen) atoms. The van der Waals surface area contributed by atoms with E-state index in [1.54, 1.807) is 0 Å². The molecule has 0 radical (unpaired) electrons. The molecule has 0 aromatic rings. The van der Waals surface area contributed by atoms with Gasteiger partial charge >= 0.3 is 11.9 Å². The molecule has 0 spiro atoms. The van der Waals surface area contributed by atoms with Crippen molar-refractivity contribution < 1.29 is 19.4 Å². The summed E-state index contributed by atoms with van der Waals surface area (Å²) in [4.78, 5) is 21.2. The van der Waals surface area contributed by atoms with Crippen molar-refractivity contribution in [3.05, 3.63) is 12.2 Å². The molecule has 1 N–H and O–H groups in total. The summed E-state index contributed by atoms with van der Waals surface area (Å²) in [6.45, 7) is 3.38. The SMILES string of the molecule is C=C(CC1CCCC(=O)O1)C(=O)O. The van der Waals surface area contributed by atoms with Gasteiger partial charge in [0.2, 0.25) is 0 Å². The first kappa shape index (κ1) is 9.77. The number of carbonyl (C=O) groups excluding carboxylic acids is 1. The van der Waals surface area contributed by atoms with Crippen LogP contribution in [0, 0.1) is 0 Å². The quantitative estimate of drug-likeness (QED) is 0.527. The van der Waals surface area contributed by atoms with Crippen LogP contribution in [-0.4, -0.2) is 23.1 Å². The topological polar surface area (TPSA) is 63.6 Å². The highest BCUT2D eigenvalue weighted by atomic mass is 16.5. The van der Waals surface area contributed by atoms with Gasteiger partial charge in [0.25, 0.3) is 0 Å². The van der Waals surface area contributed by atoms with Gasteiger partial charge in [0.05, 0.1) is 0 Å². The van der Waals surface area contributed by atoms with Crippen LogP contribution >= 0.6 is 0 Å². The van der Waals surface area contributed by atoms with Crippen LogP contribution < -0.4 is 0 Å². The molecule has 4 heteroatoms. The number of cyclic esters (lactones) is 1. The maximum atomic E-state index is 10.8. The molecule has 72 valence electrons. The summed E-state index contributed by atoms with van der Waals surface area (Å²) in [6, 6.07) is 0. The standard InChI is InChI=1S/C9H12O4/c1-6(9(11)12)5-7-3-2-4-8(10)13-7/h7H,1-5H2,(H,11,12). The first-order chi connectivity index (χ1) is 6.09. The largest absolute Gasteiger partial charge is 0.478 e. The van der Waals surface area contributed by atoms with Crippen LogP contribution in [0.5, 0.6) is 0 Å². The van der Waals surface area contributed by atoms with E-state index in [-0.39, 0.29) is 24.1 Å². The number of aliphatic carboxylic acids is 1. The zero-order chi connectivity index (χ0) is 9.84. The monoisotopic (exact) mass is 184 g/mol. The van der Waals surface area contributed by atoms with Crippen molar-refractivity contribution in [1.82, 2.24) is 0 Å². The number of hydrogen-bond donors (Lipinski definition) is 1. The molecule has 0 amide bonds. The minimum atomic E-state index is -1.03. The van der Waals surface area contributed by atoms with Crippen LogP contribution in [0.25, 0.3) is 0 Å². The van der Waals surface area contributed by atoms with Gasteiger partial charge in [-0.3, -0.25) is 4.79 Å². The number of ether oxygens (including phenoxy) is 1. The lowest BCUT2D eigenvalue weighted by Crippen LogP contribution is -2.24. The highest BCUT2D eigenvalue weighted by molar-refractivity contribution is 5.85. The van der Waals surface area contributed by atoms with E-state index < -0.39 is 5.97 Å². The number of rotatable bonds is 3. The van der Waals surface area contributed by atoms with E-state index in [4.69, 9.17) is 9.84 Å². The zero-order valence-electron chi connectivity index (χ0n) is 7.28. The molecule has 1 fully saturated rings. The second-order valence-electron chi connectivity index (χ2n) is 3.12. The molecule has 0 aromatic heterocycles. The predicted octanol–water partition coefficient (Wildman–Crippen LogP) is 1.11. The van der Waals surface area contributed by atoms with Crippen LogP contribution in [0.2, 0.25) is 0 Å². The van der Waals surface area contributed by atoms with E-state index in [1.165, 1.54) is 0 Å². The maximum Gasteiger partial charge on any atom is 0.331 e. The molecule has 0 aromatic carbocycles. The lowest BCUT2D eigenvalue weighted by Gasteiger charge is -2.21. The summed E-state index contributed by atoms with van der Waals surface area (Å²) in [6.07, 6.45) is 1.90. The molecule has 0 bridgehead atoms. The second-order valence-corrected chi connectivity index (χ2v) is 3.12. The average molecular weight is 184 g/mol. The third-order valence-electron chi connectivity index (χ3n) is 1.98. The minimum absolute atomic E-state index is 0.0969. The Morgan fingerprint density at radius 3 is 2.92 bits per heavy atom. The molecule has 1 rings (SSSR count). The summed E-state index contributed by atoms with van der Waals surface area (Å²) < 4.78 is 4.94. The number of carboxylic acids is 1. The minimum Gasteiger partial charge on any atom is -0.478 e. The van der Waals surface area contributed by atoms with E-state index in [0.29, 0.717) is 6.42 Å². The number of hydrogen-bond acceptors (Lipinski definition) is 3. The molecule has 1 aliphatic rings. The van der Waals surface area contributed by atoms with Crippen molar-refractivity contribution in [2.45, 2.75) is 31.8 Å². The number of carboxylic acid groups (broad SMARTS) is 1. The second kappa shape index (κ2) is 4.07. The fourth-order valence-electron chi connectivity index (χ4n) is 1.28. The predicted molar refractivity (Wildman–Crippen MR) is 45.1 cm³/mol. The van der Waals surface area contributed by atoms with Crippen molar-refractivity contribution in [2.75, 3.05) is 0 Å². The maximum absolute atomic E-state index is 10.8. The number of esters is 1. The Labute approximate surface area is 76.2 Å². The summed E-state index contributed by atoms with van der Waals surface area (Å²) in [5.41, 5.74) is 0.0969. The zero-order valence-corrected chi connectivity index (χ0v) is 7.28. The fraction of sp³-hybridized carbons (Fsp3) is 0.556. The Bertz CT molecular complexity index is 244. The molecular formula is C9H12O4. The summed E-state index contributed by atoms with van der Waals surface area (Å²) in [5, 5.41) is 8.54. The fourth-order valence-corrected chi connectivity index (χ4v) is 1.28. The van der Waals surface area contributed by atoms with Crippen LogP contribution in [0.1, 0.15) is 25.7 Å². The van der Waals surface area contributed by atoms with E-state index >= 15 is 0 Å². The van der Waals surface area contributed by atoms with Crippen LogP contribution in [-0.2, 0) is 14.3 Å². The lowest BCUT2D eigenvalue weighted by molar-refractivity contribution is -0.154. The van der Waals surface area contributed by atoms with Gasteiger partial charge in [-0.2, -0.15) is 0 Å². The van der Waals surface area contributed by atoms with E-state index in [0.717, 1.165) is 12.8 Å². The summed E-state index contributed by atoms with van der Waals surface area (Å²) >= 11 is 0. The van der Waals surface area contributed by atoms with Gasteiger partial charge in [0.1, 0.15) is 6.10 Å². The Balaban J connectivity index is 2.40. The van der Waals surface area contributed by atoms with Crippen molar-refractivity contribution in [3.63, 3.8) is 0 Å². The number of carbonyl (C=O) groups is 2. The molecule has 1 atom stereocenters. The van der Waals surface area contributed by atoms with Crippen molar-refractivity contribution in [2.24, 2.45) is 0 Å². The van der Waals surface area contributed by atoms with Crippen molar-refractivity contribution in [1.29, 1.82) is 0 Å². The lowest BCUT2D eigenvalue weighted by atomic mass is 10.0. The highest BCUT2D eigenvalue weighted by Crippen LogP contribution is 2.19. The Kier molecular flexibility index (Phi) is 3.06. The summed E-state index contributed by atoms with van der Waals surface area (Å²) in [5.74, 6) is -1.27. The van der Waals surface area contributed by atoms with Gasteiger partial charge in [0, 0.05) is 18.4 Å². The van der Waals surface area contributed by atoms with Crippen molar-refractivity contribution in [3.8, 4) is 0 Å². The Morgan fingerprint density at radius 2 is 2.38 bits per heavy atom. The van der Waals surface area contributed by atoms with Crippen LogP contribution in [0.15, 0.2) is 12.2 Å². The van der Waals surface area contributed by atoms with Gasteiger partial charge in [-0.05, 0) is 12.8 Å². The first-order valence-electron chi connectivity index (χ1n) is 4.20. The average Bonchev–Trinajstić information content (AvgIpc) is 2.04. The molecular weight excluding hydrogens is 172 g/mol. The van der Waals surface area contributed by atoms with Gasteiger partial charge in [-0.1, -0.05) is 6.58 Å². The molecule has 0 saturated carbocycles. The Hall–Kier alpha value is -1.32. The van der Waals surface area contributed by atoms with E-state index in [1.807, 2.05) is 0 Å². The molecule has 1 saturated heterocycles. The van der Waals surface area contributed by atoms with Gasteiger partial charge in [-0.15, -0.1) is 0 Å². The van der Waals surface area contributed by atoms with Gasteiger partial charge in [0.15, 0.2) is 0 Å². The first-order valence-corrected chi connectivity index (χ1v) is 4.20. The molecule has 1 aliphatic heterocycles. The van der Waals surface area contributed by atoms with Crippen molar-refractivity contribution >= 4 is 11.9 Å². The molecule has 4 nitrogen and oxygen atoms in total. The Morgan fingerprint density at radius 1 is 1.69 bits per heavy atom. The highest BCUT2D eigenvalue weighted by Gasteiger charge is 2.22. The third kappa shape index (κ3) is 2.89. The van der Waals surface area contributed by atoms with E-state index in [2.05, 4.69) is 6.58 Å². The third-order valence-corrected chi connectivity index (χ3v) is 1.98. The van der Waals surface area contributed by atoms with Gasteiger partial charge < -0.3 is 9.84 Å². The molecule has 1 heterocycles. The summed E-state index contributed by atoms with van der Waals surface area (Å²) in [7, 11) is 0. The van der Waals surface area contributed by atoms with E-state index in [9.17, 15) is 9.59 Å². The molecule has 1 unspecified atom stereocenters. The molecule has 0 aliphatic carbocycles. The van der Waals surface area contributed by atoms with Crippen LogP contribution in [0.3, 0.4) is 0 Å². The van der Waals surface area contributed by atoms with Gasteiger partial charge in [-0.25, -0.2) is 4.79 Å². The smallest absolute Gasteiger partial charge is 0.331 e.